The van der Waals surface area contributed by atoms with Gasteiger partial charge < -0.3 is 15.4 Å². The van der Waals surface area contributed by atoms with Crippen LogP contribution in [-0.2, 0) is 9.53 Å². The number of piperidine rings is 1. The molecular weight excluding hydrogens is 354 g/mol. The first kappa shape index (κ1) is 18.7. The number of nitrogens with zero attached hydrogens (tertiary/aromatic N) is 1. The summed E-state index contributed by atoms with van der Waals surface area (Å²) in [4.78, 5) is 27.2. The lowest BCUT2D eigenvalue weighted by Crippen LogP contribution is -2.49. The summed E-state index contributed by atoms with van der Waals surface area (Å²) in [6.45, 7) is 4.52. The van der Waals surface area contributed by atoms with Gasteiger partial charge in [0.25, 0.3) is 0 Å². The number of benzene rings is 1. The van der Waals surface area contributed by atoms with E-state index in [1.165, 1.54) is 6.42 Å². The van der Waals surface area contributed by atoms with Crippen LogP contribution in [0.25, 0.3) is 0 Å². The highest BCUT2D eigenvalue weighted by molar-refractivity contribution is 6.30. The predicted molar refractivity (Wildman–Crippen MR) is 99.8 cm³/mol. The fourth-order valence-electron chi connectivity index (χ4n) is 3.44. The van der Waals surface area contributed by atoms with Crippen LogP contribution >= 0.6 is 11.6 Å². The predicted octanol–water partition coefficient (Wildman–Crippen LogP) is 3.00. The molecule has 0 radical (unpaired) electrons. The van der Waals surface area contributed by atoms with Gasteiger partial charge in [-0.05, 0) is 50.6 Å². The van der Waals surface area contributed by atoms with Gasteiger partial charge in [0.1, 0.15) is 0 Å². The summed E-state index contributed by atoms with van der Waals surface area (Å²) in [5.74, 6) is -0.410. The lowest BCUT2D eigenvalue weighted by atomic mass is 9.94. The van der Waals surface area contributed by atoms with Crippen molar-refractivity contribution in [2.45, 2.75) is 32.2 Å². The molecule has 140 valence electrons. The van der Waals surface area contributed by atoms with Crippen molar-refractivity contribution >= 4 is 23.6 Å². The number of esters is 1. The van der Waals surface area contributed by atoms with E-state index < -0.39 is 12.0 Å². The molecular formula is C19H24ClN3O3. The van der Waals surface area contributed by atoms with E-state index in [1.54, 1.807) is 19.1 Å². The monoisotopic (exact) mass is 377 g/mol. The quantitative estimate of drug-likeness (QED) is 0.774. The molecule has 1 aromatic carbocycles. The number of amides is 2. The fraction of sp³-hybridized carbons (Fsp3) is 0.474. The van der Waals surface area contributed by atoms with Gasteiger partial charge in [0.2, 0.25) is 0 Å². The maximum atomic E-state index is 12.7. The molecule has 0 aromatic heterocycles. The summed E-state index contributed by atoms with van der Waals surface area (Å²) < 4.78 is 5.28. The molecule has 1 fully saturated rings. The maximum Gasteiger partial charge on any atom is 0.338 e. The van der Waals surface area contributed by atoms with Gasteiger partial charge in [0, 0.05) is 17.3 Å². The molecule has 2 aliphatic heterocycles. The third-order valence-corrected chi connectivity index (χ3v) is 4.93. The number of likely N-dealkylation sites (tertiary alicyclic amines) is 1. The van der Waals surface area contributed by atoms with Crippen molar-refractivity contribution in [1.29, 1.82) is 0 Å². The first-order chi connectivity index (χ1) is 12.6. The topological polar surface area (TPSA) is 70.7 Å². The Bertz CT molecular complexity index is 696. The number of carbonyl (C=O) groups excluding carboxylic acids is 2. The van der Waals surface area contributed by atoms with E-state index in [2.05, 4.69) is 15.5 Å². The molecule has 1 atom stereocenters. The molecule has 0 spiro atoms. The summed E-state index contributed by atoms with van der Waals surface area (Å²) in [6.07, 6.45) is 3.49. The summed E-state index contributed by atoms with van der Waals surface area (Å²) in [5.41, 5.74) is 1.87. The van der Waals surface area contributed by atoms with Crippen LogP contribution in [0.2, 0.25) is 5.02 Å². The van der Waals surface area contributed by atoms with Crippen molar-refractivity contribution in [2.75, 3.05) is 26.2 Å². The highest BCUT2D eigenvalue weighted by Crippen LogP contribution is 2.29. The Kier molecular flexibility index (Phi) is 6.16. The molecule has 1 aromatic rings. The van der Waals surface area contributed by atoms with E-state index in [0.29, 0.717) is 22.8 Å². The van der Waals surface area contributed by atoms with E-state index in [4.69, 9.17) is 16.3 Å². The number of rotatable bonds is 5. The number of halogens is 1. The maximum absolute atomic E-state index is 12.7. The van der Waals surface area contributed by atoms with Crippen LogP contribution < -0.4 is 10.6 Å². The lowest BCUT2D eigenvalue weighted by Gasteiger charge is -2.33. The number of ether oxygens (including phenoxy) is 1. The Morgan fingerprint density at radius 2 is 1.92 bits per heavy atom. The Morgan fingerprint density at radius 1 is 1.23 bits per heavy atom. The second kappa shape index (κ2) is 8.56. The summed E-state index contributed by atoms with van der Waals surface area (Å²) >= 11 is 5.98. The number of nitrogens with one attached hydrogen (secondary N) is 2. The van der Waals surface area contributed by atoms with E-state index in [9.17, 15) is 9.59 Å². The van der Waals surface area contributed by atoms with Gasteiger partial charge in [0.05, 0.1) is 18.2 Å². The molecule has 0 aliphatic carbocycles. The molecule has 6 nitrogen and oxygen atoms in total. The van der Waals surface area contributed by atoms with Crippen LogP contribution in [-0.4, -0.2) is 43.1 Å². The van der Waals surface area contributed by atoms with Crippen molar-refractivity contribution in [3.05, 3.63) is 46.1 Å². The number of urea groups is 1. The van der Waals surface area contributed by atoms with E-state index in [1.807, 2.05) is 12.1 Å². The standard InChI is InChI=1S/C19H24ClN3O3/c1-2-26-18(24)16-15(12-23-10-4-3-5-11-23)21-19(25)22-17(16)13-6-8-14(20)9-7-13/h6-9,17H,2-5,10-12H2,1H3,(H2,21,22,25)/t17-/m1/s1. The zero-order valence-electron chi connectivity index (χ0n) is 14.9. The smallest absolute Gasteiger partial charge is 0.338 e. The summed E-state index contributed by atoms with van der Waals surface area (Å²) in [6, 6.07) is 6.26. The zero-order chi connectivity index (χ0) is 18.5. The van der Waals surface area contributed by atoms with Gasteiger partial charge >= 0.3 is 12.0 Å². The van der Waals surface area contributed by atoms with Crippen molar-refractivity contribution in [2.24, 2.45) is 0 Å². The molecule has 2 N–H and O–H groups in total. The minimum absolute atomic E-state index is 0.278. The van der Waals surface area contributed by atoms with Crippen molar-refractivity contribution in [1.82, 2.24) is 15.5 Å². The van der Waals surface area contributed by atoms with Crippen molar-refractivity contribution in [3.8, 4) is 0 Å². The third kappa shape index (κ3) is 4.37. The zero-order valence-corrected chi connectivity index (χ0v) is 15.6. The SMILES string of the molecule is CCOC(=O)C1=C(CN2CCCCC2)NC(=O)N[C@@H]1c1ccc(Cl)cc1. The second-order valence-electron chi connectivity index (χ2n) is 6.53. The minimum atomic E-state index is -0.556. The van der Waals surface area contributed by atoms with Gasteiger partial charge in [-0.25, -0.2) is 9.59 Å². The van der Waals surface area contributed by atoms with Gasteiger partial charge in [-0.1, -0.05) is 30.2 Å². The van der Waals surface area contributed by atoms with Crippen LogP contribution in [0.4, 0.5) is 4.79 Å². The Hall–Kier alpha value is -2.05. The first-order valence-corrected chi connectivity index (χ1v) is 9.41. The van der Waals surface area contributed by atoms with Crippen molar-refractivity contribution < 1.29 is 14.3 Å². The average molecular weight is 378 g/mol. The van der Waals surface area contributed by atoms with Crippen molar-refractivity contribution in [3.63, 3.8) is 0 Å². The molecule has 7 heteroatoms. The second-order valence-corrected chi connectivity index (χ2v) is 6.97. The van der Waals surface area contributed by atoms with Gasteiger partial charge in [0.15, 0.2) is 0 Å². The molecule has 2 amide bonds. The molecule has 26 heavy (non-hydrogen) atoms. The third-order valence-electron chi connectivity index (χ3n) is 4.68. The number of carbonyl (C=O) groups is 2. The van der Waals surface area contributed by atoms with Crippen LogP contribution in [0.1, 0.15) is 37.8 Å². The molecule has 3 rings (SSSR count). The van der Waals surface area contributed by atoms with E-state index in [0.717, 1.165) is 31.5 Å². The van der Waals surface area contributed by atoms with E-state index >= 15 is 0 Å². The highest BCUT2D eigenvalue weighted by atomic mass is 35.5. The fourth-order valence-corrected chi connectivity index (χ4v) is 3.56. The van der Waals surface area contributed by atoms with E-state index in [-0.39, 0.29) is 12.6 Å². The molecule has 0 bridgehead atoms. The summed E-state index contributed by atoms with van der Waals surface area (Å²) in [7, 11) is 0. The largest absolute Gasteiger partial charge is 0.463 e. The number of hydrogen-bond donors (Lipinski definition) is 2. The van der Waals surface area contributed by atoms with Gasteiger partial charge in [-0.15, -0.1) is 0 Å². The Balaban J connectivity index is 1.96. The van der Waals surface area contributed by atoms with Gasteiger partial charge in [-0.3, -0.25) is 4.90 Å². The molecule has 0 unspecified atom stereocenters. The average Bonchev–Trinajstić information content (AvgIpc) is 2.63. The highest BCUT2D eigenvalue weighted by Gasteiger charge is 2.34. The molecule has 1 saturated heterocycles. The lowest BCUT2D eigenvalue weighted by molar-refractivity contribution is -0.139. The number of hydrogen-bond acceptors (Lipinski definition) is 4. The normalized spacial score (nSPS) is 21.2. The molecule has 2 aliphatic rings. The Morgan fingerprint density at radius 3 is 2.58 bits per heavy atom. The van der Waals surface area contributed by atoms with Gasteiger partial charge in [-0.2, -0.15) is 0 Å². The summed E-state index contributed by atoms with van der Waals surface area (Å²) in [5, 5.41) is 6.26. The minimum Gasteiger partial charge on any atom is -0.463 e. The molecule has 0 saturated carbocycles. The molecule has 2 heterocycles. The van der Waals surface area contributed by atoms with Crippen LogP contribution in [0.5, 0.6) is 0 Å². The first-order valence-electron chi connectivity index (χ1n) is 9.04. The Labute approximate surface area is 158 Å². The van der Waals surface area contributed by atoms with Crippen LogP contribution in [0.3, 0.4) is 0 Å². The van der Waals surface area contributed by atoms with Crippen LogP contribution in [0.15, 0.2) is 35.5 Å². The van der Waals surface area contributed by atoms with Crippen LogP contribution in [0, 0.1) is 0 Å².